The van der Waals surface area contributed by atoms with Gasteiger partial charge >= 0.3 is 6.09 Å². The third kappa shape index (κ3) is 3.76. The molecule has 1 aromatic carbocycles. The number of anilines is 2. The maximum atomic E-state index is 12.1. The summed E-state index contributed by atoms with van der Waals surface area (Å²) in [6.45, 7) is 7.99. The van der Waals surface area contributed by atoms with Crippen molar-refractivity contribution < 1.29 is 14.6 Å². The van der Waals surface area contributed by atoms with Crippen LogP contribution in [0, 0.1) is 5.92 Å². The second-order valence-electron chi connectivity index (χ2n) is 8.94. The zero-order valence-corrected chi connectivity index (χ0v) is 19.0. The summed E-state index contributed by atoms with van der Waals surface area (Å²) in [4.78, 5) is 20.9. The summed E-state index contributed by atoms with van der Waals surface area (Å²) >= 11 is 1.67. The van der Waals surface area contributed by atoms with E-state index in [4.69, 9.17) is 9.72 Å². The Hall–Kier alpha value is -2.32. The van der Waals surface area contributed by atoms with Gasteiger partial charge in [-0.1, -0.05) is 6.92 Å². The number of rotatable bonds is 4. The number of aromatic nitrogens is 1. The van der Waals surface area contributed by atoms with Crippen LogP contribution in [0.1, 0.15) is 38.7 Å². The van der Waals surface area contributed by atoms with Crippen LogP contribution in [0.25, 0.3) is 11.3 Å². The van der Waals surface area contributed by atoms with Crippen LogP contribution in [0.5, 0.6) is 5.75 Å². The number of ether oxygens (including phenoxy) is 1. The van der Waals surface area contributed by atoms with Crippen molar-refractivity contribution in [1.29, 1.82) is 0 Å². The Kier molecular flexibility index (Phi) is 5.52. The monoisotopic (exact) mass is 442 g/mol. The van der Waals surface area contributed by atoms with Crippen LogP contribution in [0.15, 0.2) is 17.5 Å². The SMILES string of the molecule is CC1[C@@H](C)Cc2c(ccc(-c3csc(N4CCNCC4)n3)c2OC2CCC2)N1C(=O)O. The maximum Gasteiger partial charge on any atom is 0.412 e. The van der Waals surface area contributed by atoms with Crippen molar-refractivity contribution in [3.63, 3.8) is 0 Å². The third-order valence-electron chi connectivity index (χ3n) is 6.95. The van der Waals surface area contributed by atoms with Crippen LogP contribution in [0.4, 0.5) is 15.6 Å². The van der Waals surface area contributed by atoms with Crippen molar-refractivity contribution in [2.75, 3.05) is 36.0 Å². The number of piperazine rings is 1. The quantitative estimate of drug-likeness (QED) is 0.738. The molecule has 1 saturated heterocycles. The molecule has 0 spiro atoms. The molecule has 5 rings (SSSR count). The highest BCUT2D eigenvalue weighted by molar-refractivity contribution is 7.14. The van der Waals surface area contributed by atoms with Gasteiger partial charge in [0.15, 0.2) is 5.13 Å². The van der Waals surface area contributed by atoms with E-state index in [-0.39, 0.29) is 18.1 Å². The van der Waals surface area contributed by atoms with E-state index in [1.807, 2.05) is 19.1 Å². The van der Waals surface area contributed by atoms with Gasteiger partial charge < -0.3 is 20.1 Å². The Morgan fingerprint density at radius 2 is 2.03 bits per heavy atom. The number of fused-ring (bicyclic) bond motifs is 1. The predicted octanol–water partition coefficient (Wildman–Crippen LogP) is 4.22. The van der Waals surface area contributed by atoms with Gasteiger partial charge in [0.2, 0.25) is 0 Å². The van der Waals surface area contributed by atoms with Crippen molar-refractivity contribution in [2.24, 2.45) is 5.92 Å². The van der Waals surface area contributed by atoms with Gasteiger partial charge in [-0.05, 0) is 50.7 Å². The maximum absolute atomic E-state index is 12.1. The normalized spacial score (nSPS) is 23.9. The first-order valence-corrected chi connectivity index (χ1v) is 12.2. The van der Waals surface area contributed by atoms with Gasteiger partial charge in [0.25, 0.3) is 0 Å². The average molecular weight is 443 g/mol. The fourth-order valence-corrected chi connectivity index (χ4v) is 5.54. The van der Waals surface area contributed by atoms with Gasteiger partial charge in [-0.2, -0.15) is 0 Å². The zero-order valence-electron chi connectivity index (χ0n) is 18.1. The average Bonchev–Trinajstić information content (AvgIpc) is 3.22. The molecule has 2 aromatic rings. The summed E-state index contributed by atoms with van der Waals surface area (Å²) < 4.78 is 6.52. The van der Waals surface area contributed by atoms with Crippen molar-refractivity contribution in [3.8, 4) is 17.0 Å². The molecule has 3 heterocycles. The summed E-state index contributed by atoms with van der Waals surface area (Å²) in [6, 6.07) is 3.88. The van der Waals surface area contributed by atoms with Crippen LogP contribution >= 0.6 is 11.3 Å². The Morgan fingerprint density at radius 1 is 1.26 bits per heavy atom. The number of hydrogen-bond acceptors (Lipinski definition) is 6. The highest BCUT2D eigenvalue weighted by Gasteiger charge is 2.36. The summed E-state index contributed by atoms with van der Waals surface area (Å²) in [5, 5.41) is 16.4. The number of carboxylic acid groups (broad SMARTS) is 1. The summed E-state index contributed by atoms with van der Waals surface area (Å²) in [6.07, 6.45) is 3.42. The first-order chi connectivity index (χ1) is 15.0. The lowest BCUT2D eigenvalue weighted by Gasteiger charge is -2.39. The van der Waals surface area contributed by atoms with Gasteiger partial charge in [-0.25, -0.2) is 9.78 Å². The number of thiazole rings is 1. The molecule has 2 N–H and O–H groups in total. The molecule has 1 amide bonds. The minimum absolute atomic E-state index is 0.0639. The molecule has 8 heteroatoms. The Balaban J connectivity index is 1.57. The lowest BCUT2D eigenvalue weighted by molar-refractivity contribution is 0.119. The highest BCUT2D eigenvalue weighted by atomic mass is 32.1. The van der Waals surface area contributed by atoms with Gasteiger partial charge in [-0.15, -0.1) is 11.3 Å². The molecule has 3 aliphatic rings. The van der Waals surface area contributed by atoms with Crippen LogP contribution in [-0.4, -0.2) is 54.5 Å². The van der Waals surface area contributed by atoms with E-state index < -0.39 is 6.09 Å². The first kappa shape index (κ1) is 20.6. The zero-order chi connectivity index (χ0) is 21.5. The van der Waals surface area contributed by atoms with Gasteiger partial charge in [0.1, 0.15) is 5.75 Å². The van der Waals surface area contributed by atoms with E-state index in [2.05, 4.69) is 22.5 Å². The van der Waals surface area contributed by atoms with E-state index >= 15 is 0 Å². The lowest BCUT2D eigenvalue weighted by Crippen LogP contribution is -2.45. The van der Waals surface area contributed by atoms with Crippen molar-refractivity contribution >= 4 is 28.2 Å². The number of benzene rings is 1. The summed E-state index contributed by atoms with van der Waals surface area (Å²) in [5.74, 6) is 1.05. The Labute approximate surface area is 187 Å². The number of nitrogens with one attached hydrogen (secondary N) is 1. The molecular weight excluding hydrogens is 412 g/mol. The molecule has 2 fully saturated rings. The fourth-order valence-electron chi connectivity index (χ4n) is 4.66. The van der Waals surface area contributed by atoms with Crippen molar-refractivity contribution in [3.05, 3.63) is 23.1 Å². The molecule has 2 aliphatic heterocycles. The molecule has 0 bridgehead atoms. The van der Waals surface area contributed by atoms with Gasteiger partial charge in [-0.3, -0.25) is 4.90 Å². The molecule has 1 aliphatic carbocycles. The summed E-state index contributed by atoms with van der Waals surface area (Å²) in [5.41, 5.74) is 3.67. The number of hydrogen-bond donors (Lipinski definition) is 2. The Morgan fingerprint density at radius 3 is 2.71 bits per heavy atom. The highest BCUT2D eigenvalue weighted by Crippen LogP contribution is 2.46. The standard InChI is InChI=1S/C23H30N4O3S/c1-14-12-18-20(27(15(14)2)23(28)29)7-6-17(21(18)30-16-4-3-5-16)19-13-31-22(25-19)26-10-8-24-9-11-26/h6-7,13-16,24H,3-5,8-12H2,1-2H3,(H,28,29)/t14-,15?/m0/s1. The molecule has 2 atom stereocenters. The number of amides is 1. The smallest absolute Gasteiger partial charge is 0.412 e. The van der Waals surface area contributed by atoms with Crippen LogP contribution < -0.4 is 19.9 Å². The van der Waals surface area contributed by atoms with Crippen molar-refractivity contribution in [2.45, 2.75) is 51.7 Å². The number of carbonyl (C=O) groups is 1. The molecule has 1 saturated carbocycles. The van der Waals surface area contributed by atoms with Crippen molar-refractivity contribution in [1.82, 2.24) is 10.3 Å². The van der Waals surface area contributed by atoms with Crippen LogP contribution in [-0.2, 0) is 6.42 Å². The molecule has 31 heavy (non-hydrogen) atoms. The molecule has 166 valence electrons. The minimum Gasteiger partial charge on any atom is -0.489 e. The molecular formula is C23H30N4O3S. The van der Waals surface area contributed by atoms with E-state index in [0.717, 1.165) is 78.8 Å². The first-order valence-electron chi connectivity index (χ1n) is 11.3. The molecule has 0 radical (unpaired) electrons. The van der Waals surface area contributed by atoms with E-state index in [1.54, 1.807) is 11.3 Å². The van der Waals surface area contributed by atoms with E-state index in [1.165, 1.54) is 11.3 Å². The Bertz CT molecular complexity index is 968. The van der Waals surface area contributed by atoms with E-state index in [0.29, 0.717) is 0 Å². The van der Waals surface area contributed by atoms with E-state index in [9.17, 15) is 9.90 Å². The van der Waals surface area contributed by atoms with Crippen LogP contribution in [0.3, 0.4) is 0 Å². The fraction of sp³-hybridized carbons (Fsp3) is 0.565. The van der Waals surface area contributed by atoms with Gasteiger partial charge in [0, 0.05) is 48.7 Å². The van der Waals surface area contributed by atoms with Gasteiger partial charge in [0.05, 0.1) is 17.5 Å². The lowest BCUT2D eigenvalue weighted by atomic mass is 9.86. The largest absolute Gasteiger partial charge is 0.489 e. The molecule has 1 unspecified atom stereocenters. The summed E-state index contributed by atoms with van der Waals surface area (Å²) in [7, 11) is 0. The predicted molar refractivity (Wildman–Crippen MR) is 124 cm³/mol. The second kappa shape index (κ2) is 8.31. The second-order valence-corrected chi connectivity index (χ2v) is 9.77. The third-order valence-corrected chi connectivity index (χ3v) is 7.85. The van der Waals surface area contributed by atoms with Crippen LogP contribution in [0.2, 0.25) is 0 Å². The topological polar surface area (TPSA) is 77.9 Å². The molecule has 1 aromatic heterocycles. The molecule has 7 nitrogen and oxygen atoms in total. The minimum atomic E-state index is -0.905. The number of nitrogens with zero attached hydrogens (tertiary/aromatic N) is 3.